The van der Waals surface area contributed by atoms with Crippen molar-refractivity contribution in [1.29, 1.82) is 0 Å². The van der Waals surface area contributed by atoms with Gasteiger partial charge in [0.2, 0.25) is 17.5 Å². The fourth-order valence-electron chi connectivity index (χ4n) is 5.20. The Hall–Kier alpha value is -3.71. The number of ether oxygens (including phenoxy) is 6. The highest BCUT2D eigenvalue weighted by molar-refractivity contribution is 5.88. The van der Waals surface area contributed by atoms with E-state index in [1.54, 1.807) is 0 Å². The summed E-state index contributed by atoms with van der Waals surface area (Å²) in [5, 5.41) is 82.7. The molecule has 0 saturated carbocycles. The summed E-state index contributed by atoms with van der Waals surface area (Å²) in [6.07, 6.45) is -15.7. The fraction of sp³-hybridized carbons (Fsp3) is 0.483. The van der Waals surface area contributed by atoms with E-state index in [2.05, 4.69) is 0 Å². The van der Waals surface area contributed by atoms with E-state index in [1.807, 2.05) is 0 Å². The molecule has 4 unspecified atom stereocenters. The van der Waals surface area contributed by atoms with E-state index < -0.39 is 84.9 Å². The van der Waals surface area contributed by atoms with E-state index in [-0.39, 0.29) is 39.5 Å². The van der Waals surface area contributed by atoms with Gasteiger partial charge >= 0.3 is 0 Å². The Kier molecular flexibility index (Phi) is 9.41. The standard InChI is InChI=1S/C29H34O16/c1-10-19(33)22(36)24(38)28(41-10)45-27-23(37)20(34)17(9-30)44-29(27)43-15-6-11(4-5-13(15)31)25-26(40-3)21(35)18-14(32)7-12(39-2)8-16(18)42-25/h4-8,10,17,19-20,22-24,27-34,36-38H,9H2,1-3H3/t10?,17?,19-,20+,22?,23-,24-,27?,28-,29+/m0/s1. The SMILES string of the molecule is COc1cc(O)c2c(=O)c(OC)c(-c3ccc(O)c(O[C@@H]4OC(CO)[C@@H](O)[C@H](O)C4O[C@@H]4OC(C)[C@H](O)C(O)[C@@H]4O)c3)oc2c1. The summed E-state index contributed by atoms with van der Waals surface area (Å²) in [6, 6.07) is 6.43. The highest BCUT2D eigenvalue weighted by Gasteiger charge is 2.51. The van der Waals surface area contributed by atoms with Crippen LogP contribution in [0.5, 0.6) is 28.7 Å². The molecule has 0 aliphatic carbocycles. The Morgan fingerprint density at radius 3 is 2.22 bits per heavy atom. The predicted octanol–water partition coefficient (Wildman–Crippen LogP) is -1.08. The van der Waals surface area contributed by atoms with Crippen LogP contribution in [-0.2, 0) is 14.2 Å². The van der Waals surface area contributed by atoms with E-state index >= 15 is 0 Å². The molecule has 2 aromatic carbocycles. The zero-order valence-corrected chi connectivity index (χ0v) is 24.2. The first kappa shape index (κ1) is 32.7. The van der Waals surface area contributed by atoms with Crippen molar-refractivity contribution in [2.45, 2.75) is 68.3 Å². The molecule has 8 N–H and O–H groups in total. The number of rotatable bonds is 8. The molecule has 3 heterocycles. The van der Waals surface area contributed by atoms with Gasteiger partial charge in [-0.15, -0.1) is 0 Å². The van der Waals surface area contributed by atoms with Gasteiger partial charge < -0.3 is 73.7 Å². The summed E-state index contributed by atoms with van der Waals surface area (Å²) in [4.78, 5) is 13.3. The average Bonchev–Trinajstić information content (AvgIpc) is 3.02. The van der Waals surface area contributed by atoms with Gasteiger partial charge in [0.05, 0.1) is 26.9 Å². The van der Waals surface area contributed by atoms with Gasteiger partial charge in [0.1, 0.15) is 59.1 Å². The Morgan fingerprint density at radius 2 is 1.56 bits per heavy atom. The zero-order chi connectivity index (χ0) is 32.7. The van der Waals surface area contributed by atoms with Crippen molar-refractivity contribution in [3.8, 4) is 40.1 Å². The topological polar surface area (TPSA) is 247 Å². The van der Waals surface area contributed by atoms with Crippen LogP contribution in [0.4, 0.5) is 0 Å². The summed E-state index contributed by atoms with van der Waals surface area (Å²) in [6.45, 7) is 0.659. The van der Waals surface area contributed by atoms with Crippen LogP contribution >= 0.6 is 0 Å². The first-order valence-corrected chi connectivity index (χ1v) is 13.8. The fourth-order valence-corrected chi connectivity index (χ4v) is 5.20. The third-order valence-electron chi connectivity index (χ3n) is 7.74. The number of hydrogen-bond donors (Lipinski definition) is 8. The number of phenols is 2. The molecule has 2 aliphatic heterocycles. The van der Waals surface area contributed by atoms with Crippen molar-refractivity contribution in [2.24, 2.45) is 0 Å². The number of aromatic hydroxyl groups is 2. The largest absolute Gasteiger partial charge is 0.507 e. The molecule has 1 aromatic heterocycles. The lowest BCUT2D eigenvalue weighted by molar-refractivity contribution is -0.354. The molecule has 2 saturated heterocycles. The molecule has 45 heavy (non-hydrogen) atoms. The first-order chi connectivity index (χ1) is 21.4. The predicted molar refractivity (Wildman–Crippen MR) is 150 cm³/mol. The minimum atomic E-state index is -1.80. The van der Waals surface area contributed by atoms with Crippen LogP contribution in [0.25, 0.3) is 22.3 Å². The Bertz CT molecular complexity index is 1570. The lowest BCUT2D eigenvalue weighted by Crippen LogP contribution is -2.64. The van der Waals surface area contributed by atoms with Crippen molar-refractivity contribution in [3.05, 3.63) is 40.6 Å². The molecule has 16 nitrogen and oxygen atoms in total. The minimum Gasteiger partial charge on any atom is -0.507 e. The number of fused-ring (bicyclic) bond motifs is 1. The van der Waals surface area contributed by atoms with Gasteiger partial charge in [-0.25, -0.2) is 0 Å². The number of hydrogen-bond acceptors (Lipinski definition) is 16. The minimum absolute atomic E-state index is 0.0391. The van der Waals surface area contributed by atoms with Gasteiger partial charge in [0, 0.05) is 17.7 Å². The quantitative estimate of drug-likeness (QED) is 0.146. The molecule has 2 aliphatic rings. The highest BCUT2D eigenvalue weighted by atomic mass is 16.8. The van der Waals surface area contributed by atoms with E-state index in [4.69, 9.17) is 32.8 Å². The van der Waals surface area contributed by atoms with Gasteiger partial charge in [-0.2, -0.15) is 0 Å². The summed E-state index contributed by atoms with van der Waals surface area (Å²) in [7, 11) is 2.58. The number of benzene rings is 2. The second-order valence-corrected chi connectivity index (χ2v) is 10.6. The van der Waals surface area contributed by atoms with Gasteiger partial charge in [-0.3, -0.25) is 4.79 Å². The molecule has 2 fully saturated rings. The lowest BCUT2D eigenvalue weighted by Gasteiger charge is -2.45. The van der Waals surface area contributed by atoms with Crippen LogP contribution in [0.1, 0.15) is 6.92 Å². The monoisotopic (exact) mass is 638 g/mol. The maximum absolute atomic E-state index is 13.3. The average molecular weight is 639 g/mol. The first-order valence-electron chi connectivity index (χ1n) is 13.8. The van der Waals surface area contributed by atoms with Crippen molar-refractivity contribution in [1.82, 2.24) is 0 Å². The smallest absolute Gasteiger partial charge is 0.239 e. The molecule has 10 atom stereocenters. The van der Waals surface area contributed by atoms with Gasteiger partial charge in [-0.05, 0) is 25.1 Å². The molecule has 5 rings (SSSR count). The van der Waals surface area contributed by atoms with Crippen molar-refractivity contribution in [2.75, 3.05) is 20.8 Å². The van der Waals surface area contributed by atoms with E-state index in [0.29, 0.717) is 0 Å². The van der Waals surface area contributed by atoms with Crippen molar-refractivity contribution < 1.29 is 73.7 Å². The van der Waals surface area contributed by atoms with E-state index in [9.17, 15) is 45.6 Å². The molecule has 3 aromatic rings. The number of methoxy groups -OCH3 is 2. The zero-order valence-electron chi connectivity index (χ0n) is 24.2. The number of aliphatic hydroxyl groups is 6. The van der Waals surface area contributed by atoms with E-state index in [0.717, 1.165) is 0 Å². The molecule has 0 bridgehead atoms. The Morgan fingerprint density at radius 1 is 0.822 bits per heavy atom. The van der Waals surface area contributed by atoms with Gasteiger partial charge in [0.15, 0.2) is 29.7 Å². The van der Waals surface area contributed by atoms with Crippen LogP contribution in [0.15, 0.2) is 39.5 Å². The van der Waals surface area contributed by atoms with Gasteiger partial charge in [-0.1, -0.05) is 0 Å². The maximum atomic E-state index is 13.3. The maximum Gasteiger partial charge on any atom is 0.239 e. The summed E-state index contributed by atoms with van der Waals surface area (Å²) in [5.41, 5.74) is -0.600. The van der Waals surface area contributed by atoms with Crippen molar-refractivity contribution >= 4 is 11.0 Å². The van der Waals surface area contributed by atoms with Crippen LogP contribution in [0.3, 0.4) is 0 Å². The third kappa shape index (κ3) is 5.99. The van der Waals surface area contributed by atoms with Crippen LogP contribution < -0.4 is 19.6 Å². The molecule has 0 radical (unpaired) electrons. The Balaban J connectivity index is 1.52. The summed E-state index contributed by atoms with van der Waals surface area (Å²) >= 11 is 0. The normalized spacial score (nSPS) is 31.9. The number of aliphatic hydroxyl groups excluding tert-OH is 6. The Labute approximate surface area is 254 Å². The molecule has 0 spiro atoms. The van der Waals surface area contributed by atoms with Gasteiger partial charge in [0.25, 0.3) is 0 Å². The van der Waals surface area contributed by atoms with Crippen LogP contribution in [-0.4, -0.2) is 123 Å². The number of phenolic OH excluding ortho intramolecular Hbond substituents is 2. The highest BCUT2D eigenvalue weighted by Crippen LogP contribution is 2.40. The van der Waals surface area contributed by atoms with Crippen LogP contribution in [0.2, 0.25) is 0 Å². The molecule has 0 amide bonds. The second kappa shape index (κ2) is 13.0. The third-order valence-corrected chi connectivity index (χ3v) is 7.74. The van der Waals surface area contributed by atoms with Crippen molar-refractivity contribution in [3.63, 3.8) is 0 Å². The second-order valence-electron chi connectivity index (χ2n) is 10.6. The van der Waals surface area contributed by atoms with E-state index in [1.165, 1.54) is 51.5 Å². The molecule has 16 heteroatoms. The summed E-state index contributed by atoms with van der Waals surface area (Å²) in [5.74, 6) is -1.36. The lowest BCUT2D eigenvalue weighted by atomic mass is 9.97. The molecular weight excluding hydrogens is 604 g/mol. The van der Waals surface area contributed by atoms with Crippen LogP contribution in [0, 0.1) is 0 Å². The summed E-state index contributed by atoms with van der Waals surface area (Å²) < 4.78 is 39.0. The molecular formula is C29H34O16. The molecule has 246 valence electrons.